The van der Waals surface area contributed by atoms with Crippen molar-refractivity contribution in [2.24, 2.45) is 7.05 Å². The van der Waals surface area contributed by atoms with Crippen molar-refractivity contribution >= 4 is 45.6 Å². The minimum absolute atomic E-state index is 0.458. The van der Waals surface area contributed by atoms with E-state index in [1.54, 1.807) is 12.4 Å². The predicted octanol–water partition coefficient (Wildman–Crippen LogP) is 6.20. The number of likely N-dealkylation sites (N-methyl/N-ethyl adjacent to an activating group) is 1. The average molecular weight is 581 g/mol. The molecule has 2 aromatic carbocycles. The van der Waals surface area contributed by atoms with Gasteiger partial charge in [-0.25, -0.2) is 4.98 Å². The van der Waals surface area contributed by atoms with Crippen molar-refractivity contribution in [3.05, 3.63) is 89.5 Å². The SMILES string of the molecule is CN1CCN(Cc2ccnc(-c3ccc4c(Nc5ccc(Sc6nccn6C)c(Cl)c5)c(C#N)cnc4c3)c2)CC1. The lowest BCUT2D eigenvalue weighted by Gasteiger charge is -2.32. The molecule has 41 heavy (non-hydrogen) atoms. The number of rotatable bonds is 7. The fraction of sp³-hybridized carbons (Fsp3) is 0.226. The summed E-state index contributed by atoms with van der Waals surface area (Å²) >= 11 is 8.14. The number of imidazole rings is 1. The highest BCUT2D eigenvalue weighted by atomic mass is 35.5. The average Bonchev–Trinajstić information content (AvgIpc) is 3.39. The summed E-state index contributed by atoms with van der Waals surface area (Å²) in [5.41, 5.74) is 5.86. The molecule has 1 fully saturated rings. The van der Waals surface area contributed by atoms with Crippen LogP contribution in [0.1, 0.15) is 11.1 Å². The Balaban J connectivity index is 1.26. The molecular formula is C31H29ClN8S. The molecule has 5 aromatic rings. The molecule has 0 saturated carbocycles. The van der Waals surface area contributed by atoms with Crippen molar-refractivity contribution in [1.82, 2.24) is 29.3 Å². The van der Waals surface area contributed by atoms with E-state index in [1.165, 1.54) is 17.3 Å². The number of hydrogen-bond donors (Lipinski definition) is 1. The molecule has 6 rings (SSSR count). The van der Waals surface area contributed by atoms with Crippen LogP contribution in [0.5, 0.6) is 0 Å². The Morgan fingerprint density at radius 3 is 2.59 bits per heavy atom. The number of fused-ring (bicyclic) bond motifs is 1. The first-order valence-electron chi connectivity index (χ1n) is 13.4. The standard InChI is InChI=1S/C31H29ClN8S/c1-38-11-13-40(14-12-38)20-21-7-8-34-27(15-21)22-3-5-25-28(16-22)36-19-23(18-33)30(25)37-24-4-6-29(26(32)17-24)41-31-35-9-10-39(31)2/h3-10,15-17,19H,11-14,20H2,1-2H3,(H,36,37). The molecule has 0 amide bonds. The zero-order valence-corrected chi connectivity index (χ0v) is 24.5. The second-order valence-electron chi connectivity index (χ2n) is 10.2. The van der Waals surface area contributed by atoms with Gasteiger partial charge in [-0.15, -0.1) is 0 Å². The highest BCUT2D eigenvalue weighted by Crippen LogP contribution is 2.36. The van der Waals surface area contributed by atoms with Crippen LogP contribution < -0.4 is 5.32 Å². The quantitative estimate of drug-likeness (QED) is 0.244. The van der Waals surface area contributed by atoms with Crippen molar-refractivity contribution in [1.29, 1.82) is 5.26 Å². The van der Waals surface area contributed by atoms with E-state index >= 15 is 0 Å². The maximum Gasteiger partial charge on any atom is 0.172 e. The minimum Gasteiger partial charge on any atom is -0.354 e. The Kier molecular flexibility index (Phi) is 7.90. The van der Waals surface area contributed by atoms with E-state index in [-0.39, 0.29) is 0 Å². The number of hydrogen-bond acceptors (Lipinski definition) is 8. The van der Waals surface area contributed by atoms with Gasteiger partial charge in [-0.1, -0.05) is 29.4 Å². The number of benzene rings is 2. The number of aromatic nitrogens is 4. The van der Waals surface area contributed by atoms with E-state index in [0.29, 0.717) is 16.3 Å². The zero-order valence-electron chi connectivity index (χ0n) is 22.9. The zero-order chi connectivity index (χ0) is 28.3. The molecule has 0 bridgehead atoms. The number of halogens is 1. The van der Waals surface area contributed by atoms with E-state index < -0.39 is 0 Å². The van der Waals surface area contributed by atoms with Crippen LogP contribution in [0.3, 0.4) is 0 Å². The predicted molar refractivity (Wildman–Crippen MR) is 165 cm³/mol. The third kappa shape index (κ3) is 6.06. The number of piperazine rings is 1. The number of nitrogens with zero attached hydrogens (tertiary/aromatic N) is 7. The molecule has 1 N–H and O–H groups in total. The Morgan fingerprint density at radius 2 is 1.83 bits per heavy atom. The first-order chi connectivity index (χ1) is 20.0. The van der Waals surface area contributed by atoms with Gasteiger partial charge in [-0.3, -0.25) is 14.9 Å². The maximum atomic E-state index is 9.85. The van der Waals surface area contributed by atoms with Crippen molar-refractivity contribution < 1.29 is 0 Å². The monoisotopic (exact) mass is 580 g/mol. The highest BCUT2D eigenvalue weighted by molar-refractivity contribution is 7.99. The highest BCUT2D eigenvalue weighted by Gasteiger charge is 2.16. The molecule has 1 saturated heterocycles. The summed E-state index contributed by atoms with van der Waals surface area (Å²) < 4.78 is 1.95. The van der Waals surface area contributed by atoms with Crippen LogP contribution in [0.15, 0.2) is 83.4 Å². The third-order valence-corrected chi connectivity index (χ3v) is 8.87. The number of pyridine rings is 2. The number of nitrogens with one attached hydrogen (secondary N) is 1. The molecule has 1 aliphatic heterocycles. The molecule has 4 heterocycles. The lowest BCUT2D eigenvalue weighted by atomic mass is 10.0. The van der Waals surface area contributed by atoms with Crippen LogP contribution in [-0.4, -0.2) is 62.5 Å². The van der Waals surface area contributed by atoms with Gasteiger partial charge in [0, 0.05) is 86.1 Å². The molecule has 1 aliphatic rings. The lowest BCUT2D eigenvalue weighted by molar-refractivity contribution is 0.148. The van der Waals surface area contributed by atoms with Gasteiger partial charge in [0.15, 0.2) is 5.16 Å². The summed E-state index contributed by atoms with van der Waals surface area (Å²) in [5.74, 6) is 0. The molecule has 0 spiro atoms. The van der Waals surface area contributed by atoms with Crippen LogP contribution in [-0.2, 0) is 13.6 Å². The van der Waals surface area contributed by atoms with Crippen molar-refractivity contribution in [3.8, 4) is 17.3 Å². The normalized spacial score (nSPS) is 14.3. The van der Waals surface area contributed by atoms with E-state index in [4.69, 9.17) is 11.6 Å². The van der Waals surface area contributed by atoms with Crippen LogP contribution >= 0.6 is 23.4 Å². The van der Waals surface area contributed by atoms with E-state index in [0.717, 1.165) is 70.6 Å². The molecule has 206 valence electrons. The van der Waals surface area contributed by atoms with Gasteiger partial charge in [0.25, 0.3) is 0 Å². The summed E-state index contributed by atoms with van der Waals surface area (Å²) in [5, 5.41) is 15.6. The largest absolute Gasteiger partial charge is 0.354 e. The Labute approximate surface area is 248 Å². The summed E-state index contributed by atoms with van der Waals surface area (Å²) in [6, 6.07) is 18.4. The molecule has 0 unspecified atom stereocenters. The van der Waals surface area contributed by atoms with Crippen molar-refractivity contribution in [3.63, 3.8) is 0 Å². The molecule has 0 radical (unpaired) electrons. The lowest BCUT2D eigenvalue weighted by Crippen LogP contribution is -2.43. The summed E-state index contributed by atoms with van der Waals surface area (Å²) in [4.78, 5) is 19.4. The fourth-order valence-corrected chi connectivity index (χ4v) is 6.03. The van der Waals surface area contributed by atoms with Gasteiger partial charge in [0.2, 0.25) is 0 Å². The molecule has 0 aliphatic carbocycles. The van der Waals surface area contributed by atoms with Crippen LogP contribution in [0.25, 0.3) is 22.2 Å². The third-order valence-electron chi connectivity index (χ3n) is 7.29. The number of nitriles is 1. The minimum atomic E-state index is 0.458. The molecular weight excluding hydrogens is 552 g/mol. The van der Waals surface area contributed by atoms with E-state index in [9.17, 15) is 5.26 Å². The topological polar surface area (TPSA) is 85.9 Å². The molecule has 3 aromatic heterocycles. The summed E-state index contributed by atoms with van der Waals surface area (Å²) in [6.45, 7) is 5.24. The summed E-state index contributed by atoms with van der Waals surface area (Å²) in [7, 11) is 4.12. The first-order valence-corrected chi connectivity index (χ1v) is 14.6. The Hall–Kier alpha value is -3.94. The van der Waals surface area contributed by atoms with Gasteiger partial charge in [0.05, 0.1) is 27.5 Å². The first kappa shape index (κ1) is 27.2. The van der Waals surface area contributed by atoms with E-state index in [2.05, 4.69) is 55.3 Å². The second kappa shape index (κ2) is 11.9. The summed E-state index contributed by atoms with van der Waals surface area (Å²) in [6.07, 6.45) is 7.15. The van der Waals surface area contributed by atoms with Crippen LogP contribution in [0.4, 0.5) is 11.4 Å². The van der Waals surface area contributed by atoms with Gasteiger partial charge in [-0.05, 0) is 55.1 Å². The molecule has 0 atom stereocenters. The Bertz CT molecular complexity index is 1750. The maximum absolute atomic E-state index is 9.85. The molecule has 8 nitrogen and oxygen atoms in total. The number of anilines is 2. The van der Waals surface area contributed by atoms with Gasteiger partial charge >= 0.3 is 0 Å². The van der Waals surface area contributed by atoms with Gasteiger partial charge in [0.1, 0.15) is 6.07 Å². The van der Waals surface area contributed by atoms with Crippen LogP contribution in [0.2, 0.25) is 5.02 Å². The van der Waals surface area contributed by atoms with Gasteiger partial charge < -0.3 is 14.8 Å². The second-order valence-corrected chi connectivity index (χ2v) is 11.6. The smallest absolute Gasteiger partial charge is 0.172 e. The van der Waals surface area contributed by atoms with E-state index in [1.807, 2.05) is 60.4 Å². The fourth-order valence-electron chi connectivity index (χ4n) is 4.92. The molecule has 10 heteroatoms. The number of aryl methyl sites for hydroxylation is 1. The van der Waals surface area contributed by atoms with Gasteiger partial charge in [-0.2, -0.15) is 5.26 Å². The van der Waals surface area contributed by atoms with Crippen molar-refractivity contribution in [2.45, 2.75) is 16.6 Å². The van der Waals surface area contributed by atoms with Crippen molar-refractivity contribution in [2.75, 3.05) is 38.5 Å². The Morgan fingerprint density at radius 1 is 0.976 bits per heavy atom. The van der Waals surface area contributed by atoms with Crippen LogP contribution in [0, 0.1) is 11.3 Å².